The fourth-order valence-corrected chi connectivity index (χ4v) is 2.67. The van der Waals surface area contributed by atoms with E-state index in [0.29, 0.717) is 13.2 Å². The Morgan fingerprint density at radius 3 is 2.67 bits per heavy atom. The fraction of sp³-hybridized carbons (Fsp3) is 0.562. The minimum absolute atomic E-state index is 0. The number of nitrogens with one attached hydrogen (secondary N) is 2. The standard InChI is InChI=1S/C16H24N2O2.ClH/c1-13-5-6-15(14(2)11-13)12-20-16(19)17-7-10-18-8-3-4-9-18;/h5-6,11H,3-4,7-10,12H2,1-2H3,(H,17,19);1H. The van der Waals surface area contributed by atoms with Crippen molar-refractivity contribution in [1.29, 1.82) is 0 Å². The van der Waals surface area contributed by atoms with Crippen LogP contribution in [0.4, 0.5) is 4.79 Å². The number of hydrogen-bond donors (Lipinski definition) is 2. The highest BCUT2D eigenvalue weighted by atomic mass is 35.5. The lowest BCUT2D eigenvalue weighted by Gasteiger charge is -2.13. The third-order valence-electron chi connectivity index (χ3n) is 3.92. The van der Waals surface area contributed by atoms with Crippen molar-refractivity contribution in [3.05, 3.63) is 34.9 Å². The van der Waals surface area contributed by atoms with Gasteiger partial charge in [0.05, 0.1) is 26.2 Å². The van der Waals surface area contributed by atoms with Crippen LogP contribution in [0.25, 0.3) is 0 Å². The highest BCUT2D eigenvalue weighted by Crippen LogP contribution is 2.11. The molecule has 0 radical (unpaired) electrons. The van der Waals surface area contributed by atoms with Crippen molar-refractivity contribution in [2.45, 2.75) is 33.3 Å². The lowest BCUT2D eigenvalue weighted by Crippen LogP contribution is -3.10. The Kier molecular flexibility index (Phi) is 7.54. The van der Waals surface area contributed by atoms with Gasteiger partial charge in [-0.3, -0.25) is 0 Å². The van der Waals surface area contributed by atoms with E-state index in [-0.39, 0.29) is 18.5 Å². The molecule has 1 aliphatic rings. The smallest absolute Gasteiger partial charge is 0.407 e. The molecule has 0 bridgehead atoms. The number of quaternary nitrogens is 1. The van der Waals surface area contributed by atoms with Crippen LogP contribution >= 0.6 is 0 Å². The maximum absolute atomic E-state index is 11.6. The Balaban J connectivity index is 0.00000220. The van der Waals surface area contributed by atoms with Gasteiger partial charge in [0.15, 0.2) is 0 Å². The van der Waals surface area contributed by atoms with Gasteiger partial charge in [0, 0.05) is 12.8 Å². The molecule has 1 heterocycles. The molecule has 4 nitrogen and oxygen atoms in total. The van der Waals surface area contributed by atoms with Gasteiger partial charge in [-0.1, -0.05) is 23.8 Å². The largest absolute Gasteiger partial charge is 1.00 e. The number of likely N-dealkylation sites (tertiary alicyclic amines) is 1. The number of benzene rings is 1. The number of carbonyl (C=O) groups excluding carboxylic acids is 1. The van der Waals surface area contributed by atoms with Crippen molar-refractivity contribution >= 4 is 6.09 Å². The van der Waals surface area contributed by atoms with Gasteiger partial charge < -0.3 is 27.4 Å². The summed E-state index contributed by atoms with van der Waals surface area (Å²) in [6.45, 7) is 8.61. The second kappa shape index (κ2) is 8.90. The summed E-state index contributed by atoms with van der Waals surface area (Å²) in [5.41, 5.74) is 3.46. The van der Waals surface area contributed by atoms with Gasteiger partial charge in [0.2, 0.25) is 0 Å². The van der Waals surface area contributed by atoms with Crippen LogP contribution in [-0.2, 0) is 11.3 Å². The molecule has 5 heteroatoms. The molecule has 118 valence electrons. The zero-order valence-corrected chi connectivity index (χ0v) is 13.6. The Labute approximate surface area is 133 Å². The van der Waals surface area contributed by atoms with Crippen LogP contribution in [0, 0.1) is 13.8 Å². The van der Waals surface area contributed by atoms with Gasteiger partial charge in [-0.15, -0.1) is 0 Å². The van der Waals surface area contributed by atoms with Crippen molar-refractivity contribution in [1.82, 2.24) is 5.32 Å². The molecule has 1 aliphatic heterocycles. The minimum Gasteiger partial charge on any atom is -1.00 e. The zero-order chi connectivity index (χ0) is 14.4. The monoisotopic (exact) mass is 312 g/mol. The predicted molar refractivity (Wildman–Crippen MR) is 78.9 cm³/mol. The molecule has 1 amide bonds. The van der Waals surface area contributed by atoms with Crippen LogP contribution in [0.15, 0.2) is 18.2 Å². The van der Waals surface area contributed by atoms with E-state index < -0.39 is 0 Å². The number of halogens is 1. The molecule has 0 spiro atoms. The lowest BCUT2D eigenvalue weighted by atomic mass is 10.1. The van der Waals surface area contributed by atoms with Gasteiger partial charge in [-0.05, 0) is 25.0 Å². The van der Waals surface area contributed by atoms with E-state index in [0.717, 1.165) is 12.1 Å². The van der Waals surface area contributed by atoms with E-state index in [1.807, 2.05) is 19.1 Å². The third kappa shape index (κ3) is 5.94. The molecule has 2 N–H and O–H groups in total. The molecular formula is C16H25ClN2O2. The molecule has 0 saturated carbocycles. The maximum atomic E-state index is 11.6. The predicted octanol–water partition coefficient (Wildman–Crippen LogP) is -1.79. The molecule has 0 aliphatic carbocycles. The second-order valence-electron chi connectivity index (χ2n) is 5.64. The van der Waals surface area contributed by atoms with E-state index >= 15 is 0 Å². The third-order valence-corrected chi connectivity index (χ3v) is 3.92. The molecular weight excluding hydrogens is 288 g/mol. The highest BCUT2D eigenvalue weighted by Gasteiger charge is 2.14. The van der Waals surface area contributed by atoms with E-state index in [9.17, 15) is 4.79 Å². The number of hydrogen-bond acceptors (Lipinski definition) is 2. The lowest BCUT2D eigenvalue weighted by molar-refractivity contribution is -0.886. The Morgan fingerprint density at radius 2 is 2.00 bits per heavy atom. The highest BCUT2D eigenvalue weighted by molar-refractivity contribution is 5.67. The second-order valence-corrected chi connectivity index (χ2v) is 5.64. The summed E-state index contributed by atoms with van der Waals surface area (Å²) in [7, 11) is 0. The van der Waals surface area contributed by atoms with Crippen LogP contribution in [0.5, 0.6) is 0 Å². The summed E-state index contributed by atoms with van der Waals surface area (Å²) in [6.07, 6.45) is 2.31. The first-order valence-electron chi connectivity index (χ1n) is 7.45. The Morgan fingerprint density at radius 1 is 1.29 bits per heavy atom. The first-order valence-corrected chi connectivity index (χ1v) is 7.45. The van der Waals surface area contributed by atoms with Gasteiger partial charge in [-0.25, -0.2) is 4.79 Å². The Bertz CT molecular complexity index is 460. The summed E-state index contributed by atoms with van der Waals surface area (Å²) in [5.74, 6) is 0. The summed E-state index contributed by atoms with van der Waals surface area (Å²) in [6, 6.07) is 6.17. The van der Waals surface area contributed by atoms with Crippen LogP contribution in [-0.4, -0.2) is 32.3 Å². The first-order chi connectivity index (χ1) is 9.65. The van der Waals surface area contributed by atoms with Crippen molar-refractivity contribution in [2.24, 2.45) is 0 Å². The number of aryl methyl sites for hydroxylation is 2. The van der Waals surface area contributed by atoms with E-state index in [1.54, 1.807) is 4.90 Å². The van der Waals surface area contributed by atoms with Gasteiger partial charge in [0.25, 0.3) is 0 Å². The molecule has 1 fully saturated rings. The summed E-state index contributed by atoms with van der Waals surface area (Å²) >= 11 is 0. The van der Waals surface area contributed by atoms with Crippen LogP contribution in [0.2, 0.25) is 0 Å². The number of amides is 1. The molecule has 2 rings (SSSR count). The quantitative estimate of drug-likeness (QED) is 0.675. The average Bonchev–Trinajstić information content (AvgIpc) is 2.91. The van der Waals surface area contributed by atoms with Crippen molar-refractivity contribution in [2.75, 3.05) is 26.2 Å². The van der Waals surface area contributed by atoms with E-state index in [2.05, 4.69) is 18.3 Å². The molecule has 0 unspecified atom stereocenters. The first kappa shape index (κ1) is 17.8. The van der Waals surface area contributed by atoms with E-state index in [1.165, 1.54) is 37.1 Å². The SMILES string of the molecule is Cc1ccc(COC(=O)NCC[NH+]2CCCC2)c(C)c1.[Cl-]. The van der Waals surface area contributed by atoms with Gasteiger partial charge in [0.1, 0.15) is 6.61 Å². The summed E-state index contributed by atoms with van der Waals surface area (Å²) in [5, 5.41) is 2.83. The minimum atomic E-state index is -0.316. The number of ether oxygens (including phenoxy) is 1. The van der Waals surface area contributed by atoms with Crippen molar-refractivity contribution in [3.8, 4) is 0 Å². The molecule has 1 saturated heterocycles. The number of rotatable bonds is 5. The number of alkyl carbamates (subject to hydrolysis) is 1. The van der Waals surface area contributed by atoms with Crippen molar-refractivity contribution < 1.29 is 26.8 Å². The topological polar surface area (TPSA) is 42.8 Å². The van der Waals surface area contributed by atoms with E-state index in [4.69, 9.17) is 4.74 Å². The van der Waals surface area contributed by atoms with Gasteiger partial charge >= 0.3 is 6.09 Å². The normalized spacial score (nSPS) is 14.6. The molecule has 1 aromatic rings. The Hall–Kier alpha value is -1.26. The summed E-state index contributed by atoms with van der Waals surface area (Å²) < 4.78 is 5.25. The molecule has 1 aromatic carbocycles. The number of carbonyl (C=O) groups is 1. The van der Waals surface area contributed by atoms with Crippen LogP contribution in [0.3, 0.4) is 0 Å². The average molecular weight is 313 g/mol. The van der Waals surface area contributed by atoms with Gasteiger partial charge in [-0.2, -0.15) is 0 Å². The van der Waals surface area contributed by atoms with Crippen LogP contribution < -0.4 is 22.6 Å². The fourth-order valence-electron chi connectivity index (χ4n) is 2.67. The van der Waals surface area contributed by atoms with Crippen molar-refractivity contribution in [3.63, 3.8) is 0 Å². The summed E-state index contributed by atoms with van der Waals surface area (Å²) in [4.78, 5) is 13.2. The zero-order valence-electron chi connectivity index (χ0n) is 12.9. The maximum Gasteiger partial charge on any atom is 0.407 e. The van der Waals surface area contributed by atoms with Crippen LogP contribution in [0.1, 0.15) is 29.5 Å². The molecule has 0 atom stereocenters. The molecule has 21 heavy (non-hydrogen) atoms. The molecule has 0 aromatic heterocycles.